The van der Waals surface area contributed by atoms with E-state index < -0.39 is 0 Å². The molecule has 4 nitrogen and oxygen atoms in total. The summed E-state index contributed by atoms with van der Waals surface area (Å²) in [6, 6.07) is 0. The first-order valence-electron chi connectivity index (χ1n) is 5.19. The number of imidazole rings is 1. The summed E-state index contributed by atoms with van der Waals surface area (Å²) in [7, 11) is 4.03. The summed E-state index contributed by atoms with van der Waals surface area (Å²) in [5, 5.41) is 0. The summed E-state index contributed by atoms with van der Waals surface area (Å²) in [4.78, 5) is 4.03. The van der Waals surface area contributed by atoms with Crippen LogP contribution in [0.5, 0.6) is 0 Å². The maximum Gasteiger partial charge on any atom is 0.243 e. The lowest BCUT2D eigenvalue weighted by atomic mass is 10.4. The molecule has 0 aromatic carbocycles. The van der Waals surface area contributed by atoms with Crippen LogP contribution in [0.4, 0.5) is 0 Å². The van der Waals surface area contributed by atoms with E-state index in [1.165, 1.54) is 0 Å². The lowest BCUT2D eigenvalue weighted by Crippen LogP contribution is -2.24. The van der Waals surface area contributed by atoms with Crippen LogP contribution in [0.25, 0.3) is 0 Å². The van der Waals surface area contributed by atoms with Crippen molar-refractivity contribution in [2.45, 2.75) is 13.0 Å². The third kappa shape index (κ3) is 2.75. The molecule has 0 unspecified atom stereocenters. The highest BCUT2D eigenvalue weighted by Gasteiger charge is 2.10. The molecule has 15 heavy (non-hydrogen) atoms. The number of rotatable bonds is 4. The van der Waals surface area contributed by atoms with Crippen molar-refractivity contribution in [2.24, 2.45) is 7.05 Å². The normalized spacial score (nSPS) is 15.3. The van der Waals surface area contributed by atoms with E-state index in [1.54, 1.807) is 0 Å². The molecule has 80 valence electrons. The molecule has 0 spiro atoms. The molecule has 2 heterocycles. The third-order valence-electron chi connectivity index (χ3n) is 2.40. The second-order valence-electron chi connectivity index (χ2n) is 3.87. The molecule has 4 heteroatoms. The number of aryl methyl sites for hydroxylation is 2. The van der Waals surface area contributed by atoms with Crippen LogP contribution in [0, 0.1) is 6.67 Å². The first-order chi connectivity index (χ1) is 7.24. The first kappa shape index (κ1) is 10.1. The van der Waals surface area contributed by atoms with Crippen LogP contribution in [-0.2, 0) is 13.6 Å². The van der Waals surface area contributed by atoms with Gasteiger partial charge in [-0.25, -0.2) is 9.13 Å². The van der Waals surface area contributed by atoms with Crippen LogP contribution in [0.3, 0.4) is 0 Å². The summed E-state index contributed by atoms with van der Waals surface area (Å²) in [6.07, 6.45) is 11.4. The average molecular weight is 205 g/mol. The van der Waals surface area contributed by atoms with Crippen LogP contribution < -0.4 is 4.57 Å². The minimum Gasteiger partial charge on any atom is -0.349 e. The molecule has 1 aromatic heterocycles. The molecule has 0 fully saturated rings. The van der Waals surface area contributed by atoms with E-state index in [4.69, 9.17) is 0 Å². The molecule has 1 aromatic rings. The van der Waals surface area contributed by atoms with Crippen molar-refractivity contribution in [1.29, 1.82) is 0 Å². The van der Waals surface area contributed by atoms with E-state index in [1.807, 2.05) is 25.2 Å². The van der Waals surface area contributed by atoms with E-state index >= 15 is 0 Å². The van der Waals surface area contributed by atoms with Crippen LogP contribution in [0.2, 0.25) is 0 Å². The monoisotopic (exact) mass is 205 g/mol. The predicted octanol–water partition coefficient (Wildman–Crippen LogP) is 0.418. The smallest absolute Gasteiger partial charge is 0.243 e. The van der Waals surface area contributed by atoms with Gasteiger partial charge in [0.05, 0.1) is 13.6 Å². The molecular formula is C11H17N4+. The van der Waals surface area contributed by atoms with Gasteiger partial charge in [-0.05, 0) is 0 Å². The Kier molecular flexibility index (Phi) is 2.94. The van der Waals surface area contributed by atoms with Gasteiger partial charge in [-0.3, -0.25) is 0 Å². The van der Waals surface area contributed by atoms with Gasteiger partial charge in [0, 0.05) is 32.4 Å². The summed E-state index contributed by atoms with van der Waals surface area (Å²) >= 11 is 0. The molecule has 0 N–H and O–H groups in total. The van der Waals surface area contributed by atoms with Gasteiger partial charge >= 0.3 is 0 Å². The van der Waals surface area contributed by atoms with Crippen LogP contribution in [0.1, 0.15) is 6.42 Å². The summed E-state index contributed by atoms with van der Waals surface area (Å²) in [5.41, 5.74) is 0. The average Bonchev–Trinajstić information content (AvgIpc) is 2.76. The third-order valence-corrected chi connectivity index (χ3v) is 2.40. The Balaban J connectivity index is 1.69. The van der Waals surface area contributed by atoms with Gasteiger partial charge in [0.15, 0.2) is 0 Å². The molecule has 0 aliphatic carbocycles. The van der Waals surface area contributed by atoms with Gasteiger partial charge in [0.2, 0.25) is 13.0 Å². The van der Waals surface area contributed by atoms with Crippen molar-refractivity contribution < 1.29 is 4.57 Å². The Labute approximate surface area is 91.0 Å². The van der Waals surface area contributed by atoms with Gasteiger partial charge in [-0.15, -0.1) is 0 Å². The van der Waals surface area contributed by atoms with E-state index in [2.05, 4.69) is 45.6 Å². The van der Waals surface area contributed by atoms with Gasteiger partial charge < -0.3 is 9.80 Å². The minimum absolute atomic E-state index is 1.02. The van der Waals surface area contributed by atoms with Crippen LogP contribution in [0.15, 0.2) is 31.1 Å². The fourth-order valence-corrected chi connectivity index (χ4v) is 1.63. The number of nitrogens with zero attached hydrogens (tertiary/aromatic N) is 4. The highest BCUT2D eigenvalue weighted by Crippen LogP contribution is 2.08. The zero-order valence-electron chi connectivity index (χ0n) is 9.30. The molecule has 0 saturated carbocycles. The number of aromatic nitrogens is 2. The SMILES string of the molecule is CN1[C]N(CCCn2cc[n+](C)c2)C=C1. The molecule has 0 bridgehead atoms. The Morgan fingerprint density at radius 3 is 2.73 bits per heavy atom. The number of hydrogen-bond acceptors (Lipinski definition) is 2. The van der Waals surface area contributed by atoms with Gasteiger partial charge in [-0.2, -0.15) is 0 Å². The van der Waals surface area contributed by atoms with Gasteiger partial charge in [0.25, 0.3) is 0 Å². The van der Waals surface area contributed by atoms with E-state index in [9.17, 15) is 0 Å². The summed E-state index contributed by atoms with van der Waals surface area (Å²) < 4.78 is 4.26. The lowest BCUT2D eigenvalue weighted by Gasteiger charge is -2.14. The Hall–Kier alpha value is -1.45. The summed E-state index contributed by atoms with van der Waals surface area (Å²) in [6.45, 7) is 5.26. The topological polar surface area (TPSA) is 15.3 Å². The second kappa shape index (κ2) is 4.38. The fourth-order valence-electron chi connectivity index (χ4n) is 1.63. The Morgan fingerprint density at radius 2 is 2.13 bits per heavy atom. The predicted molar refractivity (Wildman–Crippen MR) is 57.1 cm³/mol. The van der Waals surface area contributed by atoms with Crippen molar-refractivity contribution in [1.82, 2.24) is 14.4 Å². The lowest BCUT2D eigenvalue weighted by molar-refractivity contribution is -0.671. The largest absolute Gasteiger partial charge is 0.349 e. The zero-order chi connectivity index (χ0) is 10.7. The molecule has 2 rings (SSSR count). The van der Waals surface area contributed by atoms with E-state index in [-0.39, 0.29) is 0 Å². The van der Waals surface area contributed by atoms with Crippen molar-refractivity contribution >= 4 is 0 Å². The molecule has 2 radical (unpaired) electrons. The van der Waals surface area contributed by atoms with Crippen molar-refractivity contribution in [2.75, 3.05) is 13.6 Å². The molecule has 0 saturated heterocycles. The van der Waals surface area contributed by atoms with Gasteiger partial charge in [0.1, 0.15) is 12.4 Å². The maximum atomic E-state index is 3.19. The molecule has 1 aliphatic heterocycles. The Morgan fingerprint density at radius 1 is 1.27 bits per heavy atom. The second-order valence-corrected chi connectivity index (χ2v) is 3.87. The van der Waals surface area contributed by atoms with E-state index in [0.717, 1.165) is 19.5 Å². The maximum absolute atomic E-state index is 3.19. The minimum atomic E-state index is 1.02. The van der Waals surface area contributed by atoms with Gasteiger partial charge in [-0.1, -0.05) is 0 Å². The highest BCUT2D eigenvalue weighted by atomic mass is 15.3. The first-order valence-corrected chi connectivity index (χ1v) is 5.19. The molecule has 0 amide bonds. The molecule has 1 aliphatic rings. The van der Waals surface area contributed by atoms with Crippen LogP contribution >= 0.6 is 0 Å². The van der Waals surface area contributed by atoms with Crippen molar-refractivity contribution in [3.05, 3.63) is 37.8 Å². The molecular weight excluding hydrogens is 188 g/mol. The summed E-state index contributed by atoms with van der Waals surface area (Å²) in [5.74, 6) is 0. The zero-order valence-corrected chi connectivity index (χ0v) is 9.30. The Bertz CT molecular complexity index is 342. The highest BCUT2D eigenvalue weighted by molar-refractivity contribution is 4.94. The van der Waals surface area contributed by atoms with E-state index in [0.29, 0.717) is 0 Å². The quantitative estimate of drug-likeness (QED) is 0.662. The van der Waals surface area contributed by atoms with Crippen LogP contribution in [-0.4, -0.2) is 28.0 Å². The fraction of sp³-hybridized carbons (Fsp3) is 0.455. The van der Waals surface area contributed by atoms with Crippen molar-refractivity contribution in [3.63, 3.8) is 0 Å². The standard InChI is InChI=1S/C11H17N4/c1-12-6-8-14(10-12)4-3-5-15-9-7-13(2)11-15/h6-10H,3-5H2,1-2H3/q+1. The molecule has 0 atom stereocenters. The number of hydrogen-bond donors (Lipinski definition) is 0. The van der Waals surface area contributed by atoms with Crippen molar-refractivity contribution in [3.8, 4) is 0 Å².